The third-order valence-electron chi connectivity index (χ3n) is 4.31. The van der Waals surface area contributed by atoms with Gasteiger partial charge < -0.3 is 20.0 Å². The van der Waals surface area contributed by atoms with Crippen LogP contribution in [0.25, 0.3) is 0 Å². The number of rotatable bonds is 5. The van der Waals surface area contributed by atoms with E-state index in [1.54, 1.807) is 11.8 Å². The Hall–Kier alpha value is -1.47. The van der Waals surface area contributed by atoms with Crippen molar-refractivity contribution in [2.45, 2.75) is 32.4 Å². The standard InChI is InChI=1S/C16H23N3O3S/c1-11-2-3-13(22-11)9-18-15(20)7-12-6-14(17-8-12)16(21)19-4-5-23-10-19/h2-3,12,14,17H,4-10H2,1H3,(H,18,20). The first-order valence-electron chi connectivity index (χ1n) is 8.04. The fraction of sp³-hybridized carbons (Fsp3) is 0.625. The molecular weight excluding hydrogens is 314 g/mol. The largest absolute Gasteiger partial charge is 0.465 e. The van der Waals surface area contributed by atoms with Crippen molar-refractivity contribution < 1.29 is 14.0 Å². The minimum atomic E-state index is -0.126. The second-order valence-corrected chi connectivity index (χ2v) is 7.27. The molecule has 2 aliphatic heterocycles. The molecule has 1 aromatic rings. The number of nitrogens with zero attached hydrogens (tertiary/aromatic N) is 1. The second kappa shape index (κ2) is 7.40. The molecule has 2 saturated heterocycles. The number of furan rings is 1. The lowest BCUT2D eigenvalue weighted by atomic mass is 10.0. The maximum atomic E-state index is 12.3. The zero-order chi connectivity index (χ0) is 16.2. The highest BCUT2D eigenvalue weighted by molar-refractivity contribution is 7.99. The van der Waals surface area contributed by atoms with Gasteiger partial charge in [0.2, 0.25) is 11.8 Å². The van der Waals surface area contributed by atoms with Crippen LogP contribution in [0.1, 0.15) is 24.4 Å². The van der Waals surface area contributed by atoms with Gasteiger partial charge in [0.1, 0.15) is 11.5 Å². The minimum absolute atomic E-state index is 0.00989. The molecule has 0 spiro atoms. The van der Waals surface area contributed by atoms with Crippen LogP contribution in [0.5, 0.6) is 0 Å². The van der Waals surface area contributed by atoms with Crippen LogP contribution in [0.2, 0.25) is 0 Å². The number of aryl methyl sites for hydroxylation is 1. The van der Waals surface area contributed by atoms with E-state index in [1.807, 2.05) is 24.0 Å². The van der Waals surface area contributed by atoms with Crippen molar-refractivity contribution in [3.63, 3.8) is 0 Å². The Morgan fingerprint density at radius 1 is 1.48 bits per heavy atom. The SMILES string of the molecule is Cc1ccc(CNC(=O)CC2CNC(C(=O)N3CCSC3)C2)o1. The molecule has 1 aromatic heterocycles. The molecule has 0 aromatic carbocycles. The summed E-state index contributed by atoms with van der Waals surface area (Å²) in [5.74, 6) is 3.84. The van der Waals surface area contributed by atoms with Crippen molar-refractivity contribution >= 4 is 23.6 Å². The molecule has 2 unspecified atom stereocenters. The lowest BCUT2D eigenvalue weighted by molar-refractivity contribution is -0.131. The number of hydrogen-bond donors (Lipinski definition) is 2. The Bertz CT molecular complexity index is 569. The second-order valence-electron chi connectivity index (χ2n) is 6.19. The van der Waals surface area contributed by atoms with E-state index < -0.39 is 0 Å². The van der Waals surface area contributed by atoms with Gasteiger partial charge in [0.25, 0.3) is 0 Å². The molecule has 3 rings (SSSR count). The highest BCUT2D eigenvalue weighted by atomic mass is 32.2. The van der Waals surface area contributed by atoms with Crippen LogP contribution < -0.4 is 10.6 Å². The summed E-state index contributed by atoms with van der Waals surface area (Å²) < 4.78 is 5.43. The van der Waals surface area contributed by atoms with Gasteiger partial charge in [0, 0.05) is 18.7 Å². The zero-order valence-electron chi connectivity index (χ0n) is 13.3. The molecule has 2 N–H and O–H groups in total. The average molecular weight is 337 g/mol. The van der Waals surface area contributed by atoms with Gasteiger partial charge in [-0.1, -0.05) is 0 Å². The lowest BCUT2D eigenvalue weighted by Gasteiger charge is -2.19. The van der Waals surface area contributed by atoms with Crippen molar-refractivity contribution in [3.05, 3.63) is 23.7 Å². The van der Waals surface area contributed by atoms with Crippen LogP contribution in [-0.4, -0.2) is 47.5 Å². The van der Waals surface area contributed by atoms with Crippen molar-refractivity contribution in [2.24, 2.45) is 5.92 Å². The van der Waals surface area contributed by atoms with Gasteiger partial charge in [-0.3, -0.25) is 9.59 Å². The Labute approximate surface area is 140 Å². The maximum absolute atomic E-state index is 12.3. The molecule has 23 heavy (non-hydrogen) atoms. The van der Waals surface area contributed by atoms with E-state index in [4.69, 9.17) is 4.42 Å². The molecule has 6 nitrogen and oxygen atoms in total. The van der Waals surface area contributed by atoms with Crippen LogP contribution in [0.4, 0.5) is 0 Å². The van der Waals surface area contributed by atoms with Crippen molar-refractivity contribution in [2.75, 3.05) is 24.7 Å². The van der Waals surface area contributed by atoms with Gasteiger partial charge in [0.05, 0.1) is 18.5 Å². The number of amides is 2. The number of carbonyl (C=O) groups excluding carboxylic acids is 2. The first kappa shape index (κ1) is 16.4. The van der Waals surface area contributed by atoms with Gasteiger partial charge in [0.15, 0.2) is 0 Å². The highest BCUT2D eigenvalue weighted by Gasteiger charge is 2.34. The minimum Gasteiger partial charge on any atom is -0.465 e. The first-order valence-corrected chi connectivity index (χ1v) is 9.19. The Balaban J connectivity index is 1.40. The normalized spacial score (nSPS) is 24.1. The van der Waals surface area contributed by atoms with Crippen LogP contribution in [0, 0.1) is 12.8 Å². The smallest absolute Gasteiger partial charge is 0.240 e. The quantitative estimate of drug-likeness (QED) is 0.842. The lowest BCUT2D eigenvalue weighted by Crippen LogP contribution is -2.42. The summed E-state index contributed by atoms with van der Waals surface area (Å²) in [6, 6.07) is 3.63. The van der Waals surface area contributed by atoms with Gasteiger partial charge in [-0.15, -0.1) is 11.8 Å². The number of nitrogens with one attached hydrogen (secondary N) is 2. The third kappa shape index (κ3) is 4.29. The molecule has 2 aliphatic rings. The molecule has 2 atom stereocenters. The molecule has 2 amide bonds. The third-order valence-corrected chi connectivity index (χ3v) is 5.28. The van der Waals surface area contributed by atoms with Gasteiger partial charge in [-0.05, 0) is 37.9 Å². The van der Waals surface area contributed by atoms with Crippen molar-refractivity contribution in [1.29, 1.82) is 0 Å². The van der Waals surface area contributed by atoms with E-state index in [0.717, 1.165) is 42.7 Å². The predicted molar refractivity (Wildman–Crippen MR) is 88.8 cm³/mol. The Morgan fingerprint density at radius 2 is 2.35 bits per heavy atom. The fourth-order valence-corrected chi connectivity index (χ4v) is 4.02. The first-order chi connectivity index (χ1) is 11.1. The Morgan fingerprint density at radius 3 is 3.04 bits per heavy atom. The monoisotopic (exact) mass is 337 g/mol. The summed E-state index contributed by atoms with van der Waals surface area (Å²) in [6.45, 7) is 3.87. The van der Waals surface area contributed by atoms with Crippen LogP contribution in [0.3, 0.4) is 0 Å². The van der Waals surface area contributed by atoms with E-state index in [1.165, 1.54) is 0 Å². The fourth-order valence-electron chi connectivity index (χ4n) is 3.06. The number of thioether (sulfide) groups is 1. The van der Waals surface area contributed by atoms with Crippen molar-refractivity contribution in [3.8, 4) is 0 Å². The molecule has 126 valence electrons. The summed E-state index contributed by atoms with van der Waals surface area (Å²) in [5, 5.41) is 6.15. The molecule has 0 saturated carbocycles. The maximum Gasteiger partial charge on any atom is 0.240 e. The average Bonchev–Trinajstić information content (AvgIpc) is 3.26. The van der Waals surface area contributed by atoms with E-state index >= 15 is 0 Å². The summed E-state index contributed by atoms with van der Waals surface area (Å²) >= 11 is 1.79. The highest BCUT2D eigenvalue weighted by Crippen LogP contribution is 2.22. The van der Waals surface area contributed by atoms with Crippen LogP contribution in [0.15, 0.2) is 16.5 Å². The molecule has 0 bridgehead atoms. The molecule has 7 heteroatoms. The van der Waals surface area contributed by atoms with E-state index in [2.05, 4.69) is 10.6 Å². The van der Waals surface area contributed by atoms with Gasteiger partial charge in [-0.2, -0.15) is 0 Å². The summed E-state index contributed by atoms with van der Waals surface area (Å²) in [7, 11) is 0. The zero-order valence-corrected chi connectivity index (χ0v) is 14.2. The summed E-state index contributed by atoms with van der Waals surface area (Å²) in [5.41, 5.74) is 0. The van der Waals surface area contributed by atoms with Crippen LogP contribution in [-0.2, 0) is 16.1 Å². The van der Waals surface area contributed by atoms with Gasteiger partial charge in [-0.25, -0.2) is 0 Å². The van der Waals surface area contributed by atoms with E-state index in [0.29, 0.717) is 13.0 Å². The molecule has 0 radical (unpaired) electrons. The summed E-state index contributed by atoms with van der Waals surface area (Å²) in [6.07, 6.45) is 1.19. The Kier molecular flexibility index (Phi) is 5.27. The van der Waals surface area contributed by atoms with Gasteiger partial charge >= 0.3 is 0 Å². The van der Waals surface area contributed by atoms with E-state index in [9.17, 15) is 9.59 Å². The topological polar surface area (TPSA) is 74.6 Å². The molecular formula is C16H23N3O3S. The molecule has 0 aliphatic carbocycles. The van der Waals surface area contributed by atoms with Crippen LogP contribution >= 0.6 is 11.8 Å². The predicted octanol–water partition coefficient (Wildman–Crippen LogP) is 1.11. The number of hydrogen-bond acceptors (Lipinski definition) is 5. The molecule has 3 heterocycles. The van der Waals surface area contributed by atoms with E-state index in [-0.39, 0.29) is 23.8 Å². The molecule has 2 fully saturated rings. The number of carbonyl (C=O) groups is 2. The summed E-state index contributed by atoms with van der Waals surface area (Å²) in [4.78, 5) is 26.3. The van der Waals surface area contributed by atoms with Crippen molar-refractivity contribution in [1.82, 2.24) is 15.5 Å².